The van der Waals surface area contributed by atoms with E-state index in [4.69, 9.17) is 9.36 Å². The minimum absolute atomic E-state index is 0.0142. The van der Waals surface area contributed by atoms with Crippen molar-refractivity contribution in [3.05, 3.63) is 23.3 Å². The number of phenols is 1. The van der Waals surface area contributed by atoms with Gasteiger partial charge >= 0.3 is 7.82 Å². The van der Waals surface area contributed by atoms with E-state index in [2.05, 4.69) is 0 Å². The van der Waals surface area contributed by atoms with Crippen LogP contribution in [-0.2, 0) is 25.8 Å². The minimum Gasteiger partial charge on any atom is -0.504 e. The zero-order valence-electron chi connectivity index (χ0n) is 14.2. The van der Waals surface area contributed by atoms with Gasteiger partial charge in [0.05, 0.1) is 5.41 Å². The summed E-state index contributed by atoms with van der Waals surface area (Å²) in [5.41, 5.74) is 0.184. The summed E-state index contributed by atoms with van der Waals surface area (Å²) >= 11 is 0. The monoisotopic (exact) mass is 381 g/mol. The smallest absolute Gasteiger partial charge is 0.486 e. The Morgan fingerprint density at radius 1 is 1.38 bits per heavy atom. The third kappa shape index (κ3) is 1.84. The maximum absolute atomic E-state index is 12.9. The second-order valence-electron chi connectivity index (χ2n) is 7.86. The van der Waals surface area contributed by atoms with E-state index in [9.17, 15) is 24.3 Å². The van der Waals surface area contributed by atoms with Crippen molar-refractivity contribution in [1.82, 2.24) is 5.06 Å². The van der Waals surface area contributed by atoms with E-state index < -0.39 is 18.8 Å². The number of aromatic hydroxyl groups is 1. The SMILES string of the molecule is C[C@@]12Oc3c(O)ccc4c3[C@@]13CCN(OP(=O)(O)O)C(C4)[C@@H]3CCC2=O. The van der Waals surface area contributed by atoms with Crippen molar-refractivity contribution in [2.45, 2.75) is 49.7 Å². The Bertz CT molecular complexity index is 882. The molecule has 2 heterocycles. The van der Waals surface area contributed by atoms with Gasteiger partial charge in [-0.05, 0) is 43.7 Å². The third-order valence-corrected chi connectivity index (χ3v) is 7.30. The molecule has 0 amide bonds. The fourth-order valence-corrected chi connectivity index (χ4v) is 6.43. The Hall–Kier alpha value is -1.44. The lowest BCUT2D eigenvalue weighted by Crippen LogP contribution is -2.70. The van der Waals surface area contributed by atoms with Gasteiger partial charge in [0.15, 0.2) is 22.9 Å². The average Bonchev–Trinajstić information content (AvgIpc) is 2.83. The quantitative estimate of drug-likeness (QED) is 0.659. The van der Waals surface area contributed by atoms with Gasteiger partial charge in [-0.25, -0.2) is 4.57 Å². The number of piperidine rings is 1. The number of ketones is 1. The summed E-state index contributed by atoms with van der Waals surface area (Å²) in [4.78, 5) is 31.5. The molecule has 4 aliphatic rings. The van der Waals surface area contributed by atoms with Gasteiger partial charge < -0.3 is 19.6 Å². The number of rotatable bonds is 2. The molecule has 4 atom stereocenters. The lowest BCUT2D eigenvalue weighted by molar-refractivity contribution is -0.197. The highest BCUT2D eigenvalue weighted by atomic mass is 31.2. The van der Waals surface area contributed by atoms with E-state index in [1.54, 1.807) is 13.0 Å². The van der Waals surface area contributed by atoms with E-state index in [0.717, 1.165) is 11.1 Å². The van der Waals surface area contributed by atoms with Crippen molar-refractivity contribution in [3.8, 4) is 11.5 Å². The van der Waals surface area contributed by atoms with Crippen LogP contribution in [0.4, 0.5) is 0 Å². The molecule has 0 radical (unpaired) electrons. The number of hydroxylamine groups is 2. The van der Waals surface area contributed by atoms with Crippen molar-refractivity contribution in [3.63, 3.8) is 0 Å². The van der Waals surface area contributed by atoms with E-state index in [1.165, 1.54) is 5.06 Å². The average molecular weight is 381 g/mol. The van der Waals surface area contributed by atoms with Gasteiger partial charge in [0.1, 0.15) is 0 Å². The number of Topliss-reactive ketones (excluding diaryl/α,β-unsaturated/α-hetero) is 1. The van der Waals surface area contributed by atoms with Gasteiger partial charge in [0, 0.05) is 24.6 Å². The number of hydrogen-bond acceptors (Lipinski definition) is 6. The van der Waals surface area contributed by atoms with Crippen LogP contribution < -0.4 is 4.74 Å². The normalized spacial score (nSPS) is 38.0. The molecule has 8 nitrogen and oxygen atoms in total. The molecule has 2 bridgehead atoms. The van der Waals surface area contributed by atoms with Crippen LogP contribution >= 0.6 is 7.82 Å². The fraction of sp³-hybridized carbons (Fsp3) is 0.588. The lowest BCUT2D eigenvalue weighted by atomic mass is 9.48. The maximum Gasteiger partial charge on any atom is 0.486 e. The van der Waals surface area contributed by atoms with Gasteiger partial charge in [-0.3, -0.25) is 4.79 Å². The molecule has 1 aromatic rings. The van der Waals surface area contributed by atoms with Crippen LogP contribution in [0.3, 0.4) is 0 Å². The topological polar surface area (TPSA) is 117 Å². The predicted octanol–water partition coefficient (Wildman–Crippen LogP) is 1.41. The van der Waals surface area contributed by atoms with Gasteiger partial charge in [0.2, 0.25) is 0 Å². The molecule has 1 spiro atoms. The number of hydrogen-bond donors (Lipinski definition) is 3. The molecular weight excluding hydrogens is 361 g/mol. The van der Waals surface area contributed by atoms with Gasteiger partial charge in [-0.1, -0.05) is 6.07 Å². The Morgan fingerprint density at radius 2 is 2.15 bits per heavy atom. The molecule has 140 valence electrons. The number of nitrogens with zero attached hydrogens (tertiary/aromatic N) is 1. The molecule has 1 aromatic carbocycles. The standard InChI is InChI=1S/C17H20NO7P/c1-16-13(20)5-3-10-11-8-9-2-4-12(19)15(24-16)14(9)17(10,16)6-7-18(11)25-26(21,22)23/h2,4,10-11,19H,3,5-8H2,1H3,(H2,21,22,23)/t10-,11?,16-,17-/m0/s1. The zero-order valence-corrected chi connectivity index (χ0v) is 15.1. The second kappa shape index (κ2) is 4.88. The number of phenolic OH excluding ortho intramolecular Hbond substituents is 1. The first-order chi connectivity index (χ1) is 12.2. The molecule has 2 aliphatic heterocycles. The van der Waals surface area contributed by atoms with E-state index >= 15 is 0 Å². The summed E-state index contributed by atoms with van der Waals surface area (Å²) in [7, 11) is -4.67. The van der Waals surface area contributed by atoms with Crippen LogP contribution in [0, 0.1) is 5.92 Å². The van der Waals surface area contributed by atoms with Crippen molar-refractivity contribution in [1.29, 1.82) is 0 Å². The Kier molecular flexibility index (Phi) is 3.14. The van der Waals surface area contributed by atoms with E-state index in [0.29, 0.717) is 31.4 Å². The Morgan fingerprint density at radius 3 is 2.88 bits per heavy atom. The number of benzene rings is 1. The van der Waals surface area contributed by atoms with E-state index in [1.807, 2.05) is 6.07 Å². The van der Waals surface area contributed by atoms with Crippen LogP contribution in [0.25, 0.3) is 0 Å². The number of ether oxygens (including phenoxy) is 1. The molecular formula is C17H20NO7P. The first-order valence-corrected chi connectivity index (χ1v) is 10.3. The van der Waals surface area contributed by atoms with Crippen molar-refractivity contribution in [2.24, 2.45) is 5.92 Å². The zero-order chi connectivity index (χ0) is 18.5. The molecule has 0 aromatic heterocycles. The first kappa shape index (κ1) is 16.7. The van der Waals surface area contributed by atoms with Crippen LogP contribution in [-0.4, -0.2) is 43.9 Å². The molecule has 1 saturated heterocycles. The van der Waals surface area contributed by atoms with Crippen LogP contribution in [0.15, 0.2) is 12.1 Å². The van der Waals surface area contributed by atoms with Crippen molar-refractivity contribution < 1.29 is 33.6 Å². The lowest BCUT2D eigenvalue weighted by Gasteiger charge is -2.59. The van der Waals surface area contributed by atoms with Crippen molar-refractivity contribution in [2.75, 3.05) is 6.54 Å². The maximum atomic E-state index is 12.9. The molecule has 1 unspecified atom stereocenters. The summed E-state index contributed by atoms with van der Waals surface area (Å²) < 4.78 is 22.5. The van der Waals surface area contributed by atoms with Crippen LogP contribution in [0.2, 0.25) is 0 Å². The number of carbonyl (C=O) groups excluding carboxylic acids is 1. The molecule has 3 N–H and O–H groups in total. The first-order valence-electron chi connectivity index (χ1n) is 8.77. The highest BCUT2D eigenvalue weighted by Gasteiger charge is 2.72. The largest absolute Gasteiger partial charge is 0.504 e. The molecule has 2 fully saturated rings. The van der Waals surface area contributed by atoms with Gasteiger partial charge in [-0.15, -0.1) is 0 Å². The molecule has 9 heteroatoms. The second-order valence-corrected chi connectivity index (χ2v) is 9.00. The predicted molar refractivity (Wildman–Crippen MR) is 88.5 cm³/mol. The van der Waals surface area contributed by atoms with Gasteiger partial charge in [-0.2, -0.15) is 9.69 Å². The molecule has 26 heavy (non-hydrogen) atoms. The molecule has 5 rings (SSSR count). The molecule has 2 aliphatic carbocycles. The van der Waals surface area contributed by atoms with E-state index in [-0.39, 0.29) is 30.0 Å². The number of phosphoric acid groups is 1. The third-order valence-electron chi connectivity index (χ3n) is 6.88. The Labute approximate surface area is 149 Å². The summed E-state index contributed by atoms with van der Waals surface area (Å²) in [6.07, 6.45) is 1.95. The van der Waals surface area contributed by atoms with Crippen molar-refractivity contribution >= 4 is 13.6 Å². The molecule has 1 saturated carbocycles. The number of carbonyl (C=O) groups is 1. The fourth-order valence-electron chi connectivity index (χ4n) is 5.96. The highest BCUT2D eigenvalue weighted by molar-refractivity contribution is 7.46. The summed E-state index contributed by atoms with van der Waals surface area (Å²) in [6.45, 7) is 2.08. The van der Waals surface area contributed by atoms with Crippen LogP contribution in [0.1, 0.15) is 37.3 Å². The highest BCUT2D eigenvalue weighted by Crippen LogP contribution is 2.67. The van der Waals surface area contributed by atoms with Crippen LogP contribution in [0.5, 0.6) is 11.5 Å². The summed E-state index contributed by atoms with van der Waals surface area (Å²) in [5, 5.41) is 11.7. The summed E-state index contributed by atoms with van der Waals surface area (Å²) in [6, 6.07) is 3.12. The summed E-state index contributed by atoms with van der Waals surface area (Å²) in [5.74, 6) is 0.405. The Balaban J connectivity index is 1.72. The van der Waals surface area contributed by atoms with Gasteiger partial charge in [0.25, 0.3) is 0 Å². The minimum atomic E-state index is -4.67.